The molecule has 0 bridgehead atoms. The Balaban J connectivity index is 2.12. The molecule has 0 fully saturated rings. The smallest absolute Gasteiger partial charge is 0.425 e. The number of amides is 1. The SMILES string of the molecule is COC(=O)NNc1cc(C)c(-c2c(C)[nH]c3ccc(C)cc23)c(OC)c1. The molecule has 2 aromatic carbocycles. The van der Waals surface area contributed by atoms with Crippen LogP contribution in [0.1, 0.15) is 16.8 Å². The number of benzene rings is 2. The zero-order chi connectivity index (χ0) is 18.8. The van der Waals surface area contributed by atoms with Gasteiger partial charge in [0.1, 0.15) is 5.75 Å². The van der Waals surface area contributed by atoms with Crippen molar-refractivity contribution in [1.29, 1.82) is 0 Å². The van der Waals surface area contributed by atoms with Gasteiger partial charge in [-0.3, -0.25) is 5.43 Å². The predicted octanol–water partition coefficient (Wildman–Crippen LogP) is 4.45. The molecule has 0 saturated carbocycles. The third-order valence-corrected chi connectivity index (χ3v) is 4.41. The number of methoxy groups -OCH3 is 2. The molecule has 3 aromatic rings. The number of anilines is 1. The highest BCUT2D eigenvalue weighted by atomic mass is 16.5. The number of ether oxygens (including phenoxy) is 2. The molecular formula is C20H23N3O3. The van der Waals surface area contributed by atoms with E-state index >= 15 is 0 Å². The van der Waals surface area contributed by atoms with Gasteiger partial charge in [0.05, 0.1) is 19.9 Å². The lowest BCUT2D eigenvalue weighted by Crippen LogP contribution is -2.29. The molecular weight excluding hydrogens is 330 g/mol. The standard InChI is InChI=1S/C20H23N3O3/c1-11-6-7-16-15(8-11)19(13(3)21-16)18-12(2)9-14(10-17(18)25-4)22-23-20(24)26-5/h6-10,21-22H,1-5H3,(H,23,24). The fraction of sp³-hybridized carbons (Fsp3) is 0.250. The van der Waals surface area contributed by atoms with Crippen molar-refractivity contribution in [2.45, 2.75) is 20.8 Å². The first-order valence-corrected chi connectivity index (χ1v) is 8.32. The number of hydrogen-bond acceptors (Lipinski definition) is 4. The maximum absolute atomic E-state index is 11.3. The lowest BCUT2D eigenvalue weighted by Gasteiger charge is -2.16. The van der Waals surface area contributed by atoms with Gasteiger partial charge in [-0.15, -0.1) is 0 Å². The molecule has 0 atom stereocenters. The van der Waals surface area contributed by atoms with Crippen LogP contribution in [0, 0.1) is 20.8 Å². The van der Waals surface area contributed by atoms with Gasteiger partial charge in [0.2, 0.25) is 0 Å². The van der Waals surface area contributed by atoms with Gasteiger partial charge in [0, 0.05) is 33.8 Å². The number of aromatic amines is 1. The fourth-order valence-electron chi connectivity index (χ4n) is 3.25. The number of rotatable bonds is 4. The summed E-state index contributed by atoms with van der Waals surface area (Å²) in [7, 11) is 2.96. The molecule has 3 rings (SSSR count). The first-order chi connectivity index (χ1) is 12.4. The molecule has 0 spiro atoms. The second-order valence-corrected chi connectivity index (χ2v) is 6.29. The van der Waals surface area contributed by atoms with Gasteiger partial charge >= 0.3 is 6.09 Å². The Morgan fingerprint density at radius 3 is 2.50 bits per heavy atom. The highest BCUT2D eigenvalue weighted by Gasteiger charge is 2.18. The number of aromatic nitrogens is 1. The zero-order valence-corrected chi connectivity index (χ0v) is 15.6. The molecule has 6 nitrogen and oxygen atoms in total. The number of hydrazine groups is 1. The van der Waals surface area contributed by atoms with Gasteiger partial charge in [0.25, 0.3) is 0 Å². The van der Waals surface area contributed by atoms with Gasteiger partial charge in [-0.25, -0.2) is 10.2 Å². The van der Waals surface area contributed by atoms with Crippen LogP contribution in [-0.2, 0) is 4.74 Å². The Morgan fingerprint density at radius 2 is 1.81 bits per heavy atom. The Morgan fingerprint density at radius 1 is 1.04 bits per heavy atom. The molecule has 0 aliphatic rings. The van der Waals surface area contributed by atoms with Crippen molar-refractivity contribution in [3.05, 3.63) is 47.2 Å². The molecule has 1 amide bonds. The Bertz CT molecular complexity index is 976. The van der Waals surface area contributed by atoms with Crippen LogP contribution < -0.4 is 15.6 Å². The van der Waals surface area contributed by atoms with E-state index in [1.165, 1.54) is 12.7 Å². The summed E-state index contributed by atoms with van der Waals surface area (Å²) in [5.41, 5.74) is 12.6. The minimum Gasteiger partial charge on any atom is -0.496 e. The third kappa shape index (κ3) is 3.18. The number of fused-ring (bicyclic) bond motifs is 1. The van der Waals surface area contributed by atoms with E-state index in [1.807, 2.05) is 19.1 Å². The van der Waals surface area contributed by atoms with Crippen LogP contribution in [0.25, 0.3) is 22.0 Å². The van der Waals surface area contributed by atoms with E-state index in [-0.39, 0.29) is 0 Å². The second-order valence-electron chi connectivity index (χ2n) is 6.29. The molecule has 0 radical (unpaired) electrons. The molecule has 1 heterocycles. The van der Waals surface area contributed by atoms with Crippen LogP contribution in [-0.4, -0.2) is 25.3 Å². The predicted molar refractivity (Wildman–Crippen MR) is 104 cm³/mol. The van der Waals surface area contributed by atoms with Crippen molar-refractivity contribution in [3.63, 3.8) is 0 Å². The first-order valence-electron chi connectivity index (χ1n) is 8.32. The zero-order valence-electron chi connectivity index (χ0n) is 15.6. The second kappa shape index (κ2) is 7.00. The van der Waals surface area contributed by atoms with Gasteiger partial charge in [0.15, 0.2) is 0 Å². The van der Waals surface area contributed by atoms with Crippen LogP contribution in [0.2, 0.25) is 0 Å². The first kappa shape index (κ1) is 17.7. The van der Waals surface area contributed by atoms with E-state index in [9.17, 15) is 4.79 Å². The average Bonchev–Trinajstić information content (AvgIpc) is 2.94. The normalized spacial score (nSPS) is 10.7. The van der Waals surface area contributed by atoms with E-state index in [1.54, 1.807) is 7.11 Å². The molecule has 6 heteroatoms. The summed E-state index contributed by atoms with van der Waals surface area (Å²) in [5, 5.41) is 1.16. The number of aryl methyl sites for hydroxylation is 3. The van der Waals surface area contributed by atoms with Gasteiger partial charge < -0.3 is 14.5 Å². The van der Waals surface area contributed by atoms with Crippen LogP contribution in [0.3, 0.4) is 0 Å². The average molecular weight is 353 g/mol. The van der Waals surface area contributed by atoms with Crippen LogP contribution in [0.5, 0.6) is 5.75 Å². The molecule has 0 saturated heterocycles. The largest absolute Gasteiger partial charge is 0.496 e. The van der Waals surface area contributed by atoms with Crippen LogP contribution >= 0.6 is 0 Å². The van der Waals surface area contributed by atoms with Gasteiger partial charge in [-0.1, -0.05) is 11.6 Å². The minimum atomic E-state index is -0.561. The van der Waals surface area contributed by atoms with Gasteiger partial charge in [-0.05, 0) is 44.5 Å². The summed E-state index contributed by atoms with van der Waals surface area (Å²) < 4.78 is 10.2. The Kier molecular flexibility index (Phi) is 4.75. The maximum atomic E-state index is 11.3. The summed E-state index contributed by atoms with van der Waals surface area (Å²) >= 11 is 0. The topological polar surface area (TPSA) is 75.4 Å². The molecule has 26 heavy (non-hydrogen) atoms. The van der Waals surface area contributed by atoms with Crippen LogP contribution in [0.15, 0.2) is 30.3 Å². The molecule has 3 N–H and O–H groups in total. The lowest BCUT2D eigenvalue weighted by atomic mass is 9.95. The van der Waals surface area contributed by atoms with E-state index in [0.29, 0.717) is 5.69 Å². The van der Waals surface area contributed by atoms with E-state index in [0.717, 1.165) is 39.0 Å². The summed E-state index contributed by atoms with van der Waals surface area (Å²) in [6, 6.07) is 10.2. The van der Waals surface area contributed by atoms with E-state index in [4.69, 9.17) is 4.74 Å². The Hall–Kier alpha value is -3.15. The number of carbonyl (C=O) groups excluding carboxylic acids is 1. The highest BCUT2D eigenvalue weighted by molar-refractivity contribution is 6.00. The van der Waals surface area contributed by atoms with E-state index in [2.05, 4.69) is 52.6 Å². The molecule has 1 aromatic heterocycles. The third-order valence-electron chi connectivity index (χ3n) is 4.41. The summed E-state index contributed by atoms with van der Waals surface area (Å²) in [6.07, 6.45) is -0.561. The van der Waals surface area contributed by atoms with Crippen molar-refractivity contribution in [1.82, 2.24) is 10.4 Å². The number of H-pyrrole nitrogens is 1. The summed E-state index contributed by atoms with van der Waals surface area (Å²) in [5.74, 6) is 0.727. The summed E-state index contributed by atoms with van der Waals surface area (Å²) in [6.45, 7) is 6.17. The molecule has 136 valence electrons. The number of hydrogen-bond donors (Lipinski definition) is 3. The number of carbonyl (C=O) groups is 1. The summed E-state index contributed by atoms with van der Waals surface area (Å²) in [4.78, 5) is 14.7. The van der Waals surface area contributed by atoms with Crippen molar-refractivity contribution in [2.24, 2.45) is 0 Å². The fourth-order valence-corrected chi connectivity index (χ4v) is 3.25. The maximum Gasteiger partial charge on any atom is 0.425 e. The van der Waals surface area contributed by atoms with Crippen molar-refractivity contribution >= 4 is 22.7 Å². The molecule has 0 unspecified atom stereocenters. The quantitative estimate of drug-likeness (QED) is 0.606. The highest BCUT2D eigenvalue weighted by Crippen LogP contribution is 2.41. The number of nitrogens with one attached hydrogen (secondary N) is 3. The molecule has 0 aliphatic heterocycles. The van der Waals surface area contributed by atoms with Crippen molar-refractivity contribution in [2.75, 3.05) is 19.6 Å². The minimum absolute atomic E-state index is 0.561. The van der Waals surface area contributed by atoms with Crippen LogP contribution in [0.4, 0.5) is 10.5 Å². The van der Waals surface area contributed by atoms with E-state index < -0.39 is 6.09 Å². The van der Waals surface area contributed by atoms with Crippen molar-refractivity contribution in [3.8, 4) is 16.9 Å². The monoisotopic (exact) mass is 353 g/mol. The van der Waals surface area contributed by atoms with Gasteiger partial charge in [-0.2, -0.15) is 0 Å². The lowest BCUT2D eigenvalue weighted by molar-refractivity contribution is 0.173. The Labute approximate surface area is 152 Å². The molecule has 0 aliphatic carbocycles. The van der Waals surface area contributed by atoms with Crippen molar-refractivity contribution < 1.29 is 14.3 Å².